The van der Waals surface area contributed by atoms with Crippen molar-refractivity contribution in [2.24, 2.45) is 7.05 Å². The van der Waals surface area contributed by atoms with Crippen LogP contribution in [0.2, 0.25) is 0 Å². The van der Waals surface area contributed by atoms with Gasteiger partial charge in [0.2, 0.25) is 0 Å². The molecule has 0 aliphatic rings. The normalized spacial score (nSPS) is 11.8. The summed E-state index contributed by atoms with van der Waals surface area (Å²) in [4.78, 5) is 30.2. The largest absolute Gasteiger partial charge is 0.467 e. The number of benzene rings is 1. The van der Waals surface area contributed by atoms with Gasteiger partial charge in [0.15, 0.2) is 17.0 Å². The van der Waals surface area contributed by atoms with E-state index in [-0.39, 0.29) is 40.9 Å². The number of carbonyl (C=O) groups excluding carboxylic acids is 2. The number of rotatable bonds is 7. The third-order valence-electron chi connectivity index (χ3n) is 6.23. The zero-order valence-electron chi connectivity index (χ0n) is 21.7. The molecule has 0 atom stereocenters. The van der Waals surface area contributed by atoms with Gasteiger partial charge in [-0.05, 0) is 29.7 Å². The molecule has 2 amide bonds. The van der Waals surface area contributed by atoms with Crippen LogP contribution in [0.3, 0.4) is 0 Å². The van der Waals surface area contributed by atoms with E-state index in [9.17, 15) is 22.8 Å². The molecule has 206 valence electrons. The van der Waals surface area contributed by atoms with Gasteiger partial charge in [-0.3, -0.25) is 14.3 Å². The lowest BCUT2D eigenvalue weighted by Crippen LogP contribution is -2.26. The van der Waals surface area contributed by atoms with Crippen molar-refractivity contribution in [1.82, 2.24) is 29.7 Å². The molecule has 0 saturated carbocycles. The second-order valence-electron chi connectivity index (χ2n) is 9.35. The van der Waals surface area contributed by atoms with Crippen LogP contribution < -0.4 is 10.6 Å². The number of halogens is 3. The maximum Gasteiger partial charge on any atom is 0.433 e. The lowest BCUT2D eigenvalue weighted by molar-refractivity contribution is -0.142. The fraction of sp³-hybridized carbons (Fsp3) is 0.222. The summed E-state index contributed by atoms with van der Waals surface area (Å²) < 4.78 is 49.1. The lowest BCUT2D eigenvalue weighted by atomic mass is 10.0. The Morgan fingerprint density at radius 1 is 1.07 bits per heavy atom. The molecule has 40 heavy (non-hydrogen) atoms. The minimum atomic E-state index is -4.77. The van der Waals surface area contributed by atoms with E-state index < -0.39 is 23.7 Å². The summed E-state index contributed by atoms with van der Waals surface area (Å²) in [6.07, 6.45) is -2.04. The molecule has 10 nitrogen and oxygen atoms in total. The fourth-order valence-electron chi connectivity index (χ4n) is 4.12. The van der Waals surface area contributed by atoms with Gasteiger partial charge in [0, 0.05) is 18.7 Å². The first-order chi connectivity index (χ1) is 19.0. The molecular formula is C27H24F3N7O3. The van der Waals surface area contributed by atoms with Crippen molar-refractivity contribution in [2.45, 2.75) is 32.5 Å². The van der Waals surface area contributed by atoms with Crippen LogP contribution in [0, 0.1) is 0 Å². The predicted octanol–water partition coefficient (Wildman–Crippen LogP) is 5.05. The van der Waals surface area contributed by atoms with Crippen LogP contribution in [-0.2, 0) is 19.8 Å². The van der Waals surface area contributed by atoms with E-state index >= 15 is 0 Å². The summed E-state index contributed by atoms with van der Waals surface area (Å²) in [5.41, 5.74) is 0.130. The molecule has 13 heteroatoms. The quantitative estimate of drug-likeness (QED) is 0.292. The number of hydrogen-bond donors (Lipinski definition) is 2. The van der Waals surface area contributed by atoms with Crippen molar-refractivity contribution in [3.05, 3.63) is 89.4 Å². The number of anilines is 1. The van der Waals surface area contributed by atoms with E-state index in [1.165, 1.54) is 24.2 Å². The van der Waals surface area contributed by atoms with E-state index in [0.717, 1.165) is 17.7 Å². The number of aryl methyl sites for hydroxylation is 1. The Labute approximate surface area is 225 Å². The van der Waals surface area contributed by atoms with Crippen molar-refractivity contribution in [2.75, 3.05) is 5.32 Å². The highest BCUT2D eigenvalue weighted by atomic mass is 19.4. The highest BCUT2D eigenvalue weighted by Gasteiger charge is 2.36. The molecular weight excluding hydrogens is 527 g/mol. The first-order valence-corrected chi connectivity index (χ1v) is 12.2. The van der Waals surface area contributed by atoms with Crippen LogP contribution in [0.5, 0.6) is 0 Å². The molecule has 0 spiro atoms. The van der Waals surface area contributed by atoms with E-state index in [1.807, 2.05) is 26.0 Å². The average molecular weight is 552 g/mol. The van der Waals surface area contributed by atoms with Crippen LogP contribution in [0.4, 0.5) is 18.9 Å². The summed E-state index contributed by atoms with van der Waals surface area (Å²) in [6.45, 7) is 4.13. The number of carbonyl (C=O) groups is 2. The Hall–Kier alpha value is -4.94. The van der Waals surface area contributed by atoms with Gasteiger partial charge >= 0.3 is 6.18 Å². The molecule has 2 N–H and O–H groups in total. The molecule has 0 unspecified atom stereocenters. The van der Waals surface area contributed by atoms with Crippen LogP contribution in [0.1, 0.15) is 57.8 Å². The Balaban J connectivity index is 1.44. The lowest BCUT2D eigenvalue weighted by Gasteiger charge is -2.12. The molecule has 0 aliphatic heterocycles. The summed E-state index contributed by atoms with van der Waals surface area (Å²) in [7, 11) is 1.51. The molecule has 4 heterocycles. The van der Waals surface area contributed by atoms with Gasteiger partial charge in [-0.2, -0.15) is 23.4 Å². The van der Waals surface area contributed by atoms with Crippen molar-refractivity contribution < 1.29 is 27.2 Å². The smallest absolute Gasteiger partial charge is 0.433 e. The molecule has 0 aliphatic carbocycles. The van der Waals surface area contributed by atoms with Gasteiger partial charge in [-0.1, -0.05) is 38.1 Å². The van der Waals surface area contributed by atoms with Crippen LogP contribution in [0.15, 0.2) is 65.4 Å². The van der Waals surface area contributed by atoms with Gasteiger partial charge in [0.1, 0.15) is 11.5 Å². The first-order valence-electron chi connectivity index (χ1n) is 12.2. The van der Waals surface area contributed by atoms with Crippen molar-refractivity contribution in [3.8, 4) is 11.3 Å². The highest BCUT2D eigenvalue weighted by Crippen LogP contribution is 2.33. The topological polar surface area (TPSA) is 119 Å². The third-order valence-corrected chi connectivity index (χ3v) is 6.23. The number of alkyl halides is 3. The number of hydrogen-bond acceptors (Lipinski definition) is 6. The predicted molar refractivity (Wildman–Crippen MR) is 139 cm³/mol. The van der Waals surface area contributed by atoms with E-state index in [0.29, 0.717) is 15.8 Å². The summed E-state index contributed by atoms with van der Waals surface area (Å²) in [5.74, 6) is -0.604. The maximum absolute atomic E-state index is 14.0. The van der Waals surface area contributed by atoms with Crippen LogP contribution in [0.25, 0.3) is 16.9 Å². The Bertz CT molecular complexity index is 1690. The van der Waals surface area contributed by atoms with Gasteiger partial charge in [0.25, 0.3) is 11.8 Å². The fourth-order valence-corrected chi connectivity index (χ4v) is 4.12. The van der Waals surface area contributed by atoms with Crippen molar-refractivity contribution in [3.63, 3.8) is 0 Å². The molecule has 5 aromatic rings. The minimum Gasteiger partial charge on any atom is -0.467 e. The Morgan fingerprint density at radius 3 is 2.48 bits per heavy atom. The zero-order valence-corrected chi connectivity index (χ0v) is 21.7. The average Bonchev–Trinajstić information content (AvgIpc) is 3.66. The minimum absolute atomic E-state index is 0.0323. The Morgan fingerprint density at radius 2 is 1.82 bits per heavy atom. The first kappa shape index (κ1) is 26.7. The number of fused-ring (bicyclic) bond motifs is 1. The summed E-state index contributed by atoms with van der Waals surface area (Å²) in [5, 5.41) is 13.1. The highest BCUT2D eigenvalue weighted by molar-refractivity contribution is 6.07. The Kier molecular flexibility index (Phi) is 6.88. The van der Waals surface area contributed by atoms with Gasteiger partial charge in [0.05, 0.1) is 30.4 Å². The molecule has 0 radical (unpaired) electrons. The molecule has 4 aromatic heterocycles. The summed E-state index contributed by atoms with van der Waals surface area (Å²) in [6, 6.07) is 12.5. The summed E-state index contributed by atoms with van der Waals surface area (Å²) >= 11 is 0. The second kappa shape index (κ2) is 10.3. The molecule has 0 fully saturated rings. The van der Waals surface area contributed by atoms with Gasteiger partial charge < -0.3 is 15.1 Å². The molecule has 1 aromatic carbocycles. The monoisotopic (exact) mass is 551 g/mol. The van der Waals surface area contributed by atoms with Crippen molar-refractivity contribution in [1.29, 1.82) is 0 Å². The second-order valence-corrected chi connectivity index (χ2v) is 9.35. The number of nitrogens with one attached hydrogen (secondary N) is 2. The molecule has 0 bridgehead atoms. The number of furan rings is 1. The van der Waals surface area contributed by atoms with Gasteiger partial charge in [-0.25, -0.2) is 9.50 Å². The van der Waals surface area contributed by atoms with E-state index in [2.05, 4.69) is 25.8 Å². The molecule has 5 rings (SSSR count). The van der Waals surface area contributed by atoms with Crippen LogP contribution in [-0.4, -0.2) is 36.2 Å². The van der Waals surface area contributed by atoms with E-state index in [4.69, 9.17) is 4.42 Å². The van der Waals surface area contributed by atoms with Gasteiger partial charge in [-0.15, -0.1) is 0 Å². The standard InChI is InChI=1S/C27H24F3N7O3/c1-15(2)16-6-8-17(9-7-16)19-11-22(27(28,29)30)37-23(33-19)12-20(35-37)25(38)34-21-14-32-36(3)24(21)26(39)31-13-18-5-4-10-40-18/h4-12,14-15H,13H2,1-3H3,(H,31,39)(H,34,38). The number of amides is 2. The maximum atomic E-state index is 14.0. The molecule has 0 saturated heterocycles. The van der Waals surface area contributed by atoms with E-state index in [1.54, 1.807) is 24.3 Å². The number of nitrogens with zero attached hydrogens (tertiary/aromatic N) is 5. The number of aromatic nitrogens is 5. The zero-order chi connectivity index (χ0) is 28.6. The van der Waals surface area contributed by atoms with Crippen molar-refractivity contribution >= 4 is 23.1 Å². The van der Waals surface area contributed by atoms with Crippen LogP contribution >= 0.6 is 0 Å². The third kappa shape index (κ3) is 5.30. The SMILES string of the molecule is CC(C)c1ccc(-c2cc(C(F)(F)F)n3nc(C(=O)Nc4cnn(C)c4C(=O)NCc4ccco4)cc3n2)cc1.